The predicted octanol–water partition coefficient (Wildman–Crippen LogP) is 1.70. The number of hydrogen-bond donors (Lipinski definition) is 1. The zero-order valence-electron chi connectivity index (χ0n) is 11.7. The third-order valence-electron chi connectivity index (χ3n) is 3.74. The molecule has 0 bridgehead atoms. The minimum absolute atomic E-state index is 0.0288. The molecule has 0 radical (unpaired) electrons. The van der Waals surface area contributed by atoms with E-state index < -0.39 is 0 Å². The van der Waals surface area contributed by atoms with E-state index in [1.807, 2.05) is 20.9 Å². The molecule has 1 atom stereocenters. The molecule has 1 aromatic carbocycles. The van der Waals surface area contributed by atoms with Crippen LogP contribution in [0.1, 0.15) is 27.0 Å². The van der Waals surface area contributed by atoms with E-state index in [1.54, 1.807) is 0 Å². The van der Waals surface area contributed by atoms with Crippen LogP contribution in [0.2, 0.25) is 0 Å². The molecule has 1 unspecified atom stereocenters. The zero-order valence-corrected chi connectivity index (χ0v) is 11.7. The number of likely N-dealkylation sites (N-methyl/N-ethyl adjacent to an activating group) is 1. The molecule has 1 N–H and O–H groups in total. The third-order valence-corrected chi connectivity index (χ3v) is 3.74. The van der Waals surface area contributed by atoms with Crippen LogP contribution in [0.4, 0.5) is 0 Å². The van der Waals surface area contributed by atoms with E-state index in [9.17, 15) is 4.79 Å². The summed E-state index contributed by atoms with van der Waals surface area (Å²) in [4.78, 5) is 14.8. The number of piperazine rings is 1. The quantitative estimate of drug-likeness (QED) is 0.806. The maximum Gasteiger partial charge on any atom is 0.181 e. The minimum Gasteiger partial charge on any atom is -0.313 e. The first-order valence-electron chi connectivity index (χ1n) is 6.53. The van der Waals surface area contributed by atoms with Gasteiger partial charge in [0.05, 0.1) is 6.04 Å². The number of hydrogen-bond acceptors (Lipinski definition) is 3. The second kappa shape index (κ2) is 5.21. The molecule has 1 fully saturated rings. The average molecular weight is 246 g/mol. The second-order valence-electron chi connectivity index (χ2n) is 5.34. The Balaban J connectivity index is 2.33. The zero-order chi connectivity index (χ0) is 13.3. The molecular formula is C15H22N2O. The van der Waals surface area contributed by atoms with E-state index in [0.717, 1.165) is 36.3 Å². The molecule has 1 aliphatic heterocycles. The molecule has 0 amide bonds. The first kappa shape index (κ1) is 13.2. The summed E-state index contributed by atoms with van der Waals surface area (Å²) in [6, 6.07) is 4.16. The summed E-state index contributed by atoms with van der Waals surface area (Å²) in [6.07, 6.45) is 0. The summed E-state index contributed by atoms with van der Waals surface area (Å²) in [5.74, 6) is 0.250. The molecule has 1 saturated heterocycles. The SMILES string of the molecule is Cc1cc(C)c(C(=O)C2CNCCN2C)c(C)c1. The molecule has 1 aromatic rings. The number of benzene rings is 1. The Kier molecular flexibility index (Phi) is 3.83. The lowest BCUT2D eigenvalue weighted by Crippen LogP contribution is -2.53. The molecule has 3 nitrogen and oxygen atoms in total. The standard InChI is InChI=1S/C15H22N2O/c1-10-7-11(2)14(12(3)8-10)15(18)13-9-16-5-6-17(13)4/h7-8,13,16H,5-6,9H2,1-4H3. The van der Waals surface area contributed by atoms with Gasteiger partial charge < -0.3 is 5.32 Å². The van der Waals surface area contributed by atoms with E-state index in [4.69, 9.17) is 0 Å². The van der Waals surface area contributed by atoms with Gasteiger partial charge in [-0.15, -0.1) is 0 Å². The monoisotopic (exact) mass is 246 g/mol. The Morgan fingerprint density at radius 3 is 2.44 bits per heavy atom. The number of ketones is 1. The maximum atomic E-state index is 12.7. The van der Waals surface area contributed by atoms with Crippen molar-refractivity contribution in [3.8, 4) is 0 Å². The van der Waals surface area contributed by atoms with Gasteiger partial charge in [0.15, 0.2) is 5.78 Å². The summed E-state index contributed by atoms with van der Waals surface area (Å²) >= 11 is 0. The van der Waals surface area contributed by atoms with Crippen molar-refractivity contribution in [1.82, 2.24) is 10.2 Å². The van der Waals surface area contributed by atoms with Gasteiger partial charge in [-0.25, -0.2) is 0 Å². The first-order chi connectivity index (χ1) is 8.50. The fourth-order valence-electron chi connectivity index (χ4n) is 2.83. The van der Waals surface area contributed by atoms with Crippen LogP contribution in [0.25, 0.3) is 0 Å². The summed E-state index contributed by atoms with van der Waals surface area (Å²) in [7, 11) is 2.03. The van der Waals surface area contributed by atoms with Gasteiger partial charge in [0.25, 0.3) is 0 Å². The summed E-state index contributed by atoms with van der Waals surface area (Å²) < 4.78 is 0. The van der Waals surface area contributed by atoms with Crippen molar-refractivity contribution < 1.29 is 4.79 Å². The summed E-state index contributed by atoms with van der Waals surface area (Å²) in [5.41, 5.74) is 4.31. The molecule has 0 spiro atoms. The normalized spacial score (nSPS) is 21.0. The molecule has 1 aliphatic rings. The van der Waals surface area contributed by atoms with Crippen LogP contribution in [0.15, 0.2) is 12.1 Å². The summed E-state index contributed by atoms with van der Waals surface area (Å²) in [6.45, 7) is 8.78. The second-order valence-corrected chi connectivity index (χ2v) is 5.34. The molecule has 18 heavy (non-hydrogen) atoms. The number of aryl methyl sites for hydroxylation is 3. The smallest absolute Gasteiger partial charge is 0.181 e. The number of rotatable bonds is 2. The Morgan fingerprint density at radius 2 is 1.89 bits per heavy atom. The number of nitrogens with one attached hydrogen (secondary N) is 1. The first-order valence-corrected chi connectivity index (χ1v) is 6.53. The van der Waals surface area contributed by atoms with Crippen molar-refractivity contribution in [2.45, 2.75) is 26.8 Å². The van der Waals surface area contributed by atoms with Crippen LogP contribution >= 0.6 is 0 Å². The minimum atomic E-state index is -0.0288. The molecule has 2 rings (SSSR count). The van der Waals surface area contributed by atoms with Gasteiger partial charge in [-0.05, 0) is 38.9 Å². The van der Waals surface area contributed by atoms with Crippen LogP contribution in [-0.4, -0.2) is 43.4 Å². The molecule has 0 saturated carbocycles. The lowest BCUT2D eigenvalue weighted by molar-refractivity contribution is 0.0818. The fraction of sp³-hybridized carbons (Fsp3) is 0.533. The van der Waals surface area contributed by atoms with Crippen molar-refractivity contribution in [3.05, 3.63) is 34.4 Å². The van der Waals surface area contributed by atoms with Crippen LogP contribution in [0.3, 0.4) is 0 Å². The van der Waals surface area contributed by atoms with Gasteiger partial charge in [-0.2, -0.15) is 0 Å². The maximum absolute atomic E-state index is 12.7. The van der Waals surface area contributed by atoms with E-state index in [-0.39, 0.29) is 11.8 Å². The van der Waals surface area contributed by atoms with Crippen molar-refractivity contribution in [3.63, 3.8) is 0 Å². The highest BCUT2D eigenvalue weighted by Gasteiger charge is 2.28. The van der Waals surface area contributed by atoms with E-state index in [1.165, 1.54) is 5.56 Å². The van der Waals surface area contributed by atoms with E-state index >= 15 is 0 Å². The topological polar surface area (TPSA) is 32.3 Å². The van der Waals surface area contributed by atoms with Gasteiger partial charge in [0, 0.05) is 25.2 Å². The Bertz CT molecular complexity index is 445. The lowest BCUT2D eigenvalue weighted by Gasteiger charge is -2.32. The highest BCUT2D eigenvalue weighted by atomic mass is 16.1. The third kappa shape index (κ3) is 2.47. The Hall–Kier alpha value is -1.19. The number of Topliss-reactive ketones (excluding diaryl/α,β-unsaturated/α-hetero) is 1. The molecule has 0 aliphatic carbocycles. The van der Waals surface area contributed by atoms with Crippen molar-refractivity contribution in [1.29, 1.82) is 0 Å². The highest BCUT2D eigenvalue weighted by Crippen LogP contribution is 2.20. The van der Waals surface area contributed by atoms with Gasteiger partial charge in [0.2, 0.25) is 0 Å². The lowest BCUT2D eigenvalue weighted by atomic mass is 9.92. The van der Waals surface area contributed by atoms with Crippen LogP contribution in [0, 0.1) is 20.8 Å². The summed E-state index contributed by atoms with van der Waals surface area (Å²) in [5, 5.41) is 3.30. The molecule has 1 heterocycles. The van der Waals surface area contributed by atoms with Crippen molar-refractivity contribution in [2.24, 2.45) is 0 Å². The van der Waals surface area contributed by atoms with Crippen molar-refractivity contribution >= 4 is 5.78 Å². The molecule has 3 heteroatoms. The molecular weight excluding hydrogens is 224 g/mol. The number of nitrogens with zero attached hydrogens (tertiary/aromatic N) is 1. The van der Waals surface area contributed by atoms with E-state index in [2.05, 4.69) is 29.3 Å². The van der Waals surface area contributed by atoms with Crippen molar-refractivity contribution in [2.75, 3.05) is 26.7 Å². The Labute approximate surface area is 109 Å². The largest absolute Gasteiger partial charge is 0.313 e. The molecule has 98 valence electrons. The van der Waals surface area contributed by atoms with Crippen LogP contribution in [0.5, 0.6) is 0 Å². The van der Waals surface area contributed by atoms with Gasteiger partial charge >= 0.3 is 0 Å². The van der Waals surface area contributed by atoms with Gasteiger partial charge in [-0.1, -0.05) is 17.7 Å². The predicted molar refractivity (Wildman–Crippen MR) is 74.3 cm³/mol. The average Bonchev–Trinajstić information content (AvgIpc) is 2.27. The van der Waals surface area contributed by atoms with Gasteiger partial charge in [-0.3, -0.25) is 9.69 Å². The Morgan fingerprint density at radius 1 is 1.28 bits per heavy atom. The molecule has 0 aromatic heterocycles. The van der Waals surface area contributed by atoms with Crippen LogP contribution < -0.4 is 5.32 Å². The van der Waals surface area contributed by atoms with Gasteiger partial charge in [0.1, 0.15) is 0 Å². The van der Waals surface area contributed by atoms with Crippen LogP contribution in [-0.2, 0) is 0 Å². The fourth-order valence-corrected chi connectivity index (χ4v) is 2.83. The number of carbonyl (C=O) groups is 1. The van der Waals surface area contributed by atoms with E-state index in [0.29, 0.717) is 0 Å². The number of carbonyl (C=O) groups excluding carboxylic acids is 1. The highest BCUT2D eigenvalue weighted by molar-refractivity contribution is 6.02.